The molecule has 0 aliphatic rings. The van der Waals surface area contributed by atoms with Crippen molar-refractivity contribution in [3.05, 3.63) is 59.7 Å². The molecule has 2 heteroatoms. The maximum absolute atomic E-state index is 9.58. The molecule has 23 heavy (non-hydrogen) atoms. The van der Waals surface area contributed by atoms with Gasteiger partial charge in [-0.3, -0.25) is 0 Å². The van der Waals surface area contributed by atoms with E-state index in [2.05, 4.69) is 41.5 Å². The highest BCUT2D eigenvalue weighted by atomic mass is 16.3. The highest BCUT2D eigenvalue weighted by Crippen LogP contribution is 2.32. The van der Waals surface area contributed by atoms with E-state index in [1.807, 2.05) is 36.4 Å². The number of hydrogen-bond donors (Lipinski definition) is 2. The SMILES string of the molecule is CC(C)(C)c1ccccc1O.CCC(C)(C)c1ccccc1O. The average molecular weight is 314 g/mol. The molecule has 2 N–H and O–H groups in total. The smallest absolute Gasteiger partial charge is 0.119 e. The molecule has 0 fully saturated rings. The van der Waals surface area contributed by atoms with E-state index in [0.717, 1.165) is 17.5 Å². The van der Waals surface area contributed by atoms with Crippen LogP contribution in [0.2, 0.25) is 0 Å². The van der Waals surface area contributed by atoms with Gasteiger partial charge in [-0.1, -0.05) is 77.9 Å². The van der Waals surface area contributed by atoms with Crippen molar-refractivity contribution in [2.75, 3.05) is 0 Å². The highest BCUT2D eigenvalue weighted by Gasteiger charge is 2.20. The van der Waals surface area contributed by atoms with Crippen molar-refractivity contribution >= 4 is 0 Å². The Morgan fingerprint density at radius 3 is 1.39 bits per heavy atom. The first-order valence-electron chi connectivity index (χ1n) is 8.16. The second kappa shape index (κ2) is 7.54. The lowest BCUT2D eigenvalue weighted by Gasteiger charge is -2.23. The summed E-state index contributed by atoms with van der Waals surface area (Å²) in [5.74, 6) is 0.796. The zero-order valence-corrected chi connectivity index (χ0v) is 15.2. The Labute approximate surface area is 140 Å². The van der Waals surface area contributed by atoms with Gasteiger partial charge in [0.1, 0.15) is 11.5 Å². The number of aromatic hydroxyl groups is 2. The number of rotatable bonds is 2. The van der Waals surface area contributed by atoms with Crippen LogP contribution in [-0.4, -0.2) is 10.2 Å². The van der Waals surface area contributed by atoms with Crippen LogP contribution in [0.3, 0.4) is 0 Å². The van der Waals surface area contributed by atoms with Gasteiger partial charge in [0.2, 0.25) is 0 Å². The van der Waals surface area contributed by atoms with Crippen LogP contribution in [0.15, 0.2) is 48.5 Å². The number of phenolic OH excluding ortho intramolecular Hbond substituents is 2. The molecule has 0 aromatic heterocycles. The highest BCUT2D eigenvalue weighted by molar-refractivity contribution is 5.37. The molecule has 0 aliphatic heterocycles. The van der Waals surface area contributed by atoms with Crippen molar-refractivity contribution in [2.24, 2.45) is 0 Å². The Hall–Kier alpha value is -1.96. The maximum atomic E-state index is 9.58. The third-order valence-electron chi connectivity index (χ3n) is 4.23. The minimum absolute atomic E-state index is 0.0331. The summed E-state index contributed by atoms with van der Waals surface area (Å²) in [4.78, 5) is 0. The van der Waals surface area contributed by atoms with Crippen molar-refractivity contribution in [1.82, 2.24) is 0 Å². The van der Waals surface area contributed by atoms with Crippen molar-refractivity contribution in [1.29, 1.82) is 0 Å². The first kappa shape index (κ1) is 19.1. The summed E-state index contributed by atoms with van der Waals surface area (Å²) in [7, 11) is 0. The number of benzene rings is 2. The van der Waals surface area contributed by atoms with Crippen LogP contribution in [0.5, 0.6) is 11.5 Å². The minimum atomic E-state index is 0.0331. The zero-order valence-electron chi connectivity index (χ0n) is 15.2. The number of para-hydroxylation sites is 2. The summed E-state index contributed by atoms with van der Waals surface area (Å²) in [6.45, 7) is 12.7. The Kier molecular flexibility index (Phi) is 6.26. The molecule has 0 unspecified atom stereocenters. The lowest BCUT2D eigenvalue weighted by Crippen LogP contribution is -2.15. The van der Waals surface area contributed by atoms with Gasteiger partial charge in [0, 0.05) is 0 Å². The van der Waals surface area contributed by atoms with E-state index in [1.165, 1.54) is 0 Å². The molecule has 0 atom stereocenters. The molecule has 0 aliphatic carbocycles. The molecule has 0 heterocycles. The Morgan fingerprint density at radius 1 is 0.696 bits per heavy atom. The fraction of sp³-hybridized carbons (Fsp3) is 0.429. The van der Waals surface area contributed by atoms with Gasteiger partial charge in [-0.25, -0.2) is 0 Å². The molecule has 2 rings (SSSR count). The Balaban J connectivity index is 0.000000231. The van der Waals surface area contributed by atoms with Crippen LogP contribution >= 0.6 is 0 Å². The first-order valence-corrected chi connectivity index (χ1v) is 8.16. The van der Waals surface area contributed by atoms with Crippen molar-refractivity contribution in [3.8, 4) is 11.5 Å². The zero-order chi connectivity index (χ0) is 17.7. The predicted molar refractivity (Wildman–Crippen MR) is 98.2 cm³/mol. The molecule has 0 saturated heterocycles. The van der Waals surface area contributed by atoms with Crippen molar-refractivity contribution < 1.29 is 10.2 Å². The standard InChI is InChI=1S/C11H16O.C10H14O/c1-4-11(2,3)9-7-5-6-8-10(9)12;1-10(2,3)8-6-4-5-7-9(8)11/h5-8,12H,4H2,1-3H3;4-7,11H,1-3H3. The summed E-state index contributed by atoms with van der Waals surface area (Å²) in [6.07, 6.45) is 1.03. The quantitative estimate of drug-likeness (QED) is 0.738. The van der Waals surface area contributed by atoms with Crippen LogP contribution in [0.25, 0.3) is 0 Å². The molecule has 0 saturated carbocycles. The number of hydrogen-bond acceptors (Lipinski definition) is 2. The van der Waals surface area contributed by atoms with E-state index in [-0.39, 0.29) is 10.8 Å². The molecule has 0 bridgehead atoms. The van der Waals surface area contributed by atoms with E-state index >= 15 is 0 Å². The van der Waals surface area contributed by atoms with Gasteiger partial charge in [0.15, 0.2) is 0 Å². The fourth-order valence-corrected chi connectivity index (χ4v) is 2.34. The van der Waals surface area contributed by atoms with Crippen molar-refractivity contribution in [2.45, 2.75) is 58.8 Å². The topological polar surface area (TPSA) is 40.5 Å². The molecular weight excluding hydrogens is 284 g/mol. The average Bonchev–Trinajstić information content (AvgIpc) is 2.47. The summed E-state index contributed by atoms with van der Waals surface area (Å²) in [6, 6.07) is 15.0. The van der Waals surface area contributed by atoms with Crippen LogP contribution < -0.4 is 0 Å². The third-order valence-corrected chi connectivity index (χ3v) is 4.23. The Bertz CT molecular complexity index is 622. The molecule has 2 aromatic rings. The Morgan fingerprint density at radius 2 is 1.09 bits per heavy atom. The van der Waals surface area contributed by atoms with Gasteiger partial charge in [0.05, 0.1) is 0 Å². The van der Waals surface area contributed by atoms with Gasteiger partial charge in [-0.2, -0.15) is 0 Å². The second-order valence-corrected chi connectivity index (χ2v) is 7.52. The maximum Gasteiger partial charge on any atom is 0.119 e. The fourth-order valence-electron chi connectivity index (χ4n) is 2.34. The molecule has 0 spiro atoms. The van der Waals surface area contributed by atoms with Crippen LogP contribution in [0, 0.1) is 0 Å². The van der Waals surface area contributed by atoms with E-state index in [1.54, 1.807) is 12.1 Å². The van der Waals surface area contributed by atoms with E-state index in [4.69, 9.17) is 0 Å². The largest absolute Gasteiger partial charge is 0.508 e. The van der Waals surface area contributed by atoms with Gasteiger partial charge >= 0.3 is 0 Å². The van der Waals surface area contributed by atoms with Crippen LogP contribution in [-0.2, 0) is 10.8 Å². The minimum Gasteiger partial charge on any atom is -0.508 e. The summed E-state index contributed by atoms with van der Waals surface area (Å²) >= 11 is 0. The van der Waals surface area contributed by atoms with E-state index in [0.29, 0.717) is 11.5 Å². The molecule has 2 aromatic carbocycles. The van der Waals surface area contributed by atoms with Gasteiger partial charge in [-0.05, 0) is 40.5 Å². The summed E-state index contributed by atoms with van der Waals surface area (Å²) < 4.78 is 0. The van der Waals surface area contributed by atoms with Gasteiger partial charge < -0.3 is 10.2 Å². The predicted octanol–water partition coefficient (Wildman–Crippen LogP) is 5.77. The summed E-state index contributed by atoms with van der Waals surface area (Å²) in [5, 5.41) is 19.0. The lowest BCUT2D eigenvalue weighted by molar-refractivity contribution is 0.429. The first-order chi connectivity index (χ1) is 10.6. The van der Waals surface area contributed by atoms with E-state index < -0.39 is 0 Å². The van der Waals surface area contributed by atoms with Gasteiger partial charge in [-0.15, -0.1) is 0 Å². The summed E-state index contributed by atoms with van der Waals surface area (Å²) in [5.41, 5.74) is 2.14. The monoisotopic (exact) mass is 314 g/mol. The van der Waals surface area contributed by atoms with Crippen molar-refractivity contribution in [3.63, 3.8) is 0 Å². The lowest BCUT2D eigenvalue weighted by atomic mass is 9.82. The molecular formula is C21H30O2. The third kappa shape index (κ3) is 5.31. The normalized spacial score (nSPS) is 11.6. The molecule has 0 radical (unpaired) electrons. The van der Waals surface area contributed by atoms with Crippen LogP contribution in [0.4, 0.5) is 0 Å². The van der Waals surface area contributed by atoms with Gasteiger partial charge in [0.25, 0.3) is 0 Å². The van der Waals surface area contributed by atoms with E-state index in [9.17, 15) is 10.2 Å². The van der Waals surface area contributed by atoms with Crippen LogP contribution in [0.1, 0.15) is 59.1 Å². The number of phenols is 2. The molecule has 0 amide bonds. The molecule has 126 valence electrons. The molecule has 2 nitrogen and oxygen atoms in total. The second-order valence-electron chi connectivity index (χ2n) is 7.52.